The van der Waals surface area contributed by atoms with E-state index in [4.69, 9.17) is 5.73 Å². The van der Waals surface area contributed by atoms with Crippen LogP contribution in [0.5, 0.6) is 0 Å². The summed E-state index contributed by atoms with van der Waals surface area (Å²) < 4.78 is 0. The molecule has 0 bridgehead atoms. The van der Waals surface area contributed by atoms with E-state index in [0.717, 1.165) is 13.6 Å². The molecule has 1 aromatic rings. The van der Waals surface area contributed by atoms with Gasteiger partial charge in [0.05, 0.1) is 5.42 Å². The Balaban J connectivity index is 3.02. The minimum absolute atomic E-state index is 0.919. The third kappa shape index (κ3) is 1.17. The molecule has 0 atom stereocenters. The molecule has 36 valence electrons. The van der Waals surface area contributed by atoms with Crippen molar-refractivity contribution in [3.05, 3.63) is 24.0 Å². The van der Waals surface area contributed by atoms with Crippen LogP contribution in [0.3, 0.4) is 0 Å². The van der Waals surface area contributed by atoms with E-state index in [2.05, 4.69) is 0 Å². The maximum Gasteiger partial charge on any atom is 0.0590 e. The van der Waals surface area contributed by atoms with Crippen molar-refractivity contribution in [2.75, 3.05) is 5.73 Å². The van der Waals surface area contributed by atoms with E-state index in [9.17, 15) is 0 Å². The first-order valence-corrected chi connectivity index (χ1v) is 3.02. The average Bonchev–Trinajstić information content (AvgIpc) is 1.69. The number of rotatable bonds is 0. The fraction of sp³-hybridized carbons (Fsp3) is 0. The molecule has 1 aromatic heterocycles. The van der Waals surface area contributed by atoms with Gasteiger partial charge >= 0.3 is 0 Å². The lowest BCUT2D eigenvalue weighted by Crippen LogP contribution is -1.74. The van der Waals surface area contributed by atoms with Gasteiger partial charge in [-0.2, -0.15) is 0 Å². The molecule has 1 nitrogen and oxygen atoms in total. The molecule has 0 radical (unpaired) electrons. The molecule has 0 aromatic carbocycles. The van der Waals surface area contributed by atoms with Crippen LogP contribution in [0.1, 0.15) is 0 Å². The van der Waals surface area contributed by atoms with Crippen molar-refractivity contribution in [1.82, 2.24) is 0 Å². The van der Waals surface area contributed by atoms with Gasteiger partial charge in [0, 0.05) is 0 Å². The summed E-state index contributed by atoms with van der Waals surface area (Å²) in [5, 5.41) is 0. The van der Waals surface area contributed by atoms with Crippen LogP contribution in [0, 0.1) is 0 Å². The quantitative estimate of drug-likeness (QED) is 0.543. The summed E-state index contributed by atoms with van der Waals surface area (Å²) in [6.45, 7) is 0. The van der Waals surface area contributed by atoms with Crippen LogP contribution in [-0.4, -0.2) is 0 Å². The summed E-state index contributed by atoms with van der Waals surface area (Å²) >= 11 is 0. The Morgan fingerprint density at radius 1 is 1.43 bits per heavy atom. The molecule has 0 amide bonds. The maximum absolute atomic E-state index is 5.40. The Morgan fingerprint density at radius 3 is 2.57 bits per heavy atom. The molecule has 0 aliphatic heterocycles. The third-order valence-corrected chi connectivity index (χ3v) is 1.46. The van der Waals surface area contributed by atoms with Gasteiger partial charge in [0.1, 0.15) is 0 Å². The standard InChI is InChI=1S/C5H6NP/c6-5-3-1-2-4-7-5/h1-4H,6H2. The Labute approximate surface area is 44.3 Å². The zero-order valence-corrected chi connectivity index (χ0v) is 4.73. The zero-order chi connectivity index (χ0) is 5.11. The summed E-state index contributed by atoms with van der Waals surface area (Å²) in [6, 6.07) is 5.82. The first kappa shape index (κ1) is 4.61. The monoisotopic (exact) mass is 111 g/mol. The second-order valence-electron chi connectivity index (χ2n) is 1.25. The highest BCUT2D eigenvalue weighted by Crippen LogP contribution is 2.12. The van der Waals surface area contributed by atoms with Crippen molar-refractivity contribution in [3.8, 4) is 0 Å². The molecule has 1 rings (SSSR count). The van der Waals surface area contributed by atoms with Crippen molar-refractivity contribution in [3.63, 3.8) is 0 Å². The molecular formula is C5H6NP. The minimum Gasteiger partial charge on any atom is -0.395 e. The summed E-state index contributed by atoms with van der Waals surface area (Å²) in [6.07, 6.45) is 0. The van der Waals surface area contributed by atoms with Gasteiger partial charge in [-0.25, -0.2) is 0 Å². The van der Waals surface area contributed by atoms with Gasteiger partial charge in [-0.05, 0) is 11.9 Å². The Kier molecular flexibility index (Phi) is 1.28. The summed E-state index contributed by atoms with van der Waals surface area (Å²) in [4.78, 5) is 0. The van der Waals surface area contributed by atoms with Crippen molar-refractivity contribution < 1.29 is 0 Å². The predicted molar refractivity (Wildman–Crippen MR) is 33.4 cm³/mol. The number of nitrogen functional groups attached to an aromatic ring is 1. The summed E-state index contributed by atoms with van der Waals surface area (Å²) in [5.41, 5.74) is 6.32. The van der Waals surface area contributed by atoms with Gasteiger partial charge in [-0.1, -0.05) is 20.3 Å². The Morgan fingerprint density at radius 2 is 2.29 bits per heavy atom. The molecule has 0 fully saturated rings. The highest BCUT2D eigenvalue weighted by Gasteiger charge is 1.73. The van der Waals surface area contributed by atoms with Gasteiger partial charge in [0.15, 0.2) is 0 Å². The van der Waals surface area contributed by atoms with Crippen LogP contribution in [0.25, 0.3) is 0 Å². The van der Waals surface area contributed by atoms with E-state index in [1.54, 1.807) is 0 Å². The number of anilines is 1. The molecule has 1 heterocycles. The lowest BCUT2D eigenvalue weighted by atomic mass is 10.6. The smallest absolute Gasteiger partial charge is 0.0590 e. The number of nitrogens with two attached hydrogens (primary N) is 1. The fourth-order valence-corrected chi connectivity index (χ4v) is 0.906. The van der Waals surface area contributed by atoms with Crippen molar-refractivity contribution in [1.29, 1.82) is 0 Å². The number of hydrogen-bond donors (Lipinski definition) is 1. The van der Waals surface area contributed by atoms with E-state index < -0.39 is 0 Å². The molecule has 0 aliphatic carbocycles. The van der Waals surface area contributed by atoms with Gasteiger partial charge in [-0.3, -0.25) is 0 Å². The highest BCUT2D eigenvalue weighted by atomic mass is 31.0. The van der Waals surface area contributed by atoms with Crippen molar-refractivity contribution >= 4 is 13.6 Å². The van der Waals surface area contributed by atoms with Gasteiger partial charge in [0.25, 0.3) is 0 Å². The molecule has 0 saturated carbocycles. The van der Waals surface area contributed by atoms with Crippen LogP contribution in [-0.2, 0) is 0 Å². The van der Waals surface area contributed by atoms with Gasteiger partial charge < -0.3 is 5.73 Å². The first-order valence-electron chi connectivity index (χ1n) is 2.06. The van der Waals surface area contributed by atoms with Crippen LogP contribution in [0.15, 0.2) is 24.0 Å². The van der Waals surface area contributed by atoms with E-state index in [0.29, 0.717) is 0 Å². The van der Waals surface area contributed by atoms with Crippen LogP contribution < -0.4 is 5.73 Å². The average molecular weight is 111 g/mol. The van der Waals surface area contributed by atoms with E-state index >= 15 is 0 Å². The molecule has 0 aliphatic rings. The van der Waals surface area contributed by atoms with E-state index in [-0.39, 0.29) is 0 Å². The van der Waals surface area contributed by atoms with Crippen molar-refractivity contribution in [2.24, 2.45) is 0 Å². The Hall–Kier alpha value is -0.550. The molecule has 2 heteroatoms. The summed E-state index contributed by atoms with van der Waals surface area (Å²) in [5.74, 6) is 2.01. The normalized spacial score (nSPS) is 9.71. The predicted octanol–water partition coefficient (Wildman–Crippen LogP) is 1.85. The first-order chi connectivity index (χ1) is 3.39. The van der Waals surface area contributed by atoms with Crippen LogP contribution in [0.2, 0.25) is 0 Å². The number of hydrogen-bond acceptors (Lipinski definition) is 1. The maximum atomic E-state index is 5.40. The lowest BCUT2D eigenvalue weighted by molar-refractivity contribution is 1.84. The van der Waals surface area contributed by atoms with Gasteiger partial charge in [-0.15, -0.1) is 0 Å². The SMILES string of the molecule is Nc1ccccp1. The summed E-state index contributed by atoms with van der Waals surface area (Å²) in [7, 11) is 1.12. The molecule has 7 heavy (non-hydrogen) atoms. The van der Waals surface area contributed by atoms with Gasteiger partial charge in [0.2, 0.25) is 0 Å². The minimum atomic E-state index is 0.919. The fourth-order valence-electron chi connectivity index (χ4n) is 0.376. The van der Waals surface area contributed by atoms with Crippen LogP contribution in [0.4, 0.5) is 5.42 Å². The van der Waals surface area contributed by atoms with E-state index in [1.807, 2.05) is 24.0 Å². The molecular weight excluding hydrogens is 105 g/mol. The largest absolute Gasteiger partial charge is 0.395 e. The molecule has 0 saturated heterocycles. The highest BCUT2D eigenvalue weighted by molar-refractivity contribution is 7.33. The zero-order valence-electron chi connectivity index (χ0n) is 3.83. The third-order valence-electron chi connectivity index (χ3n) is 0.688. The lowest BCUT2D eigenvalue weighted by Gasteiger charge is -1.82. The Bertz CT molecular complexity index is 138. The van der Waals surface area contributed by atoms with Crippen molar-refractivity contribution in [2.45, 2.75) is 0 Å². The van der Waals surface area contributed by atoms with Crippen LogP contribution >= 0.6 is 8.19 Å². The van der Waals surface area contributed by atoms with E-state index in [1.165, 1.54) is 0 Å². The molecule has 2 N–H and O–H groups in total. The topological polar surface area (TPSA) is 26.0 Å². The molecule has 0 unspecified atom stereocenters. The molecule has 0 spiro atoms. The second kappa shape index (κ2) is 1.94. The second-order valence-corrected chi connectivity index (χ2v) is 2.33.